The lowest BCUT2D eigenvalue weighted by atomic mass is 10.0. The summed E-state index contributed by atoms with van der Waals surface area (Å²) in [4.78, 5) is 14.3. The van der Waals surface area contributed by atoms with Crippen LogP contribution in [0, 0.1) is 5.92 Å². The highest BCUT2D eigenvalue weighted by atomic mass is 16.1. The molecule has 4 nitrogen and oxygen atoms in total. The highest BCUT2D eigenvalue weighted by molar-refractivity contribution is 5.76. The van der Waals surface area contributed by atoms with Crippen molar-refractivity contribution < 1.29 is 4.79 Å². The molecule has 2 fully saturated rings. The molecule has 2 aliphatic heterocycles. The van der Waals surface area contributed by atoms with Crippen LogP contribution >= 0.6 is 0 Å². The Balaban J connectivity index is 1.62. The molecule has 98 valence electrons. The summed E-state index contributed by atoms with van der Waals surface area (Å²) in [5.74, 6) is 0.777. The molecule has 2 saturated heterocycles. The first-order chi connectivity index (χ1) is 8.24. The molecule has 0 bridgehead atoms. The zero-order chi connectivity index (χ0) is 12.1. The average Bonchev–Trinajstić information content (AvgIpc) is 2.90. The van der Waals surface area contributed by atoms with Crippen LogP contribution in [-0.4, -0.2) is 49.6 Å². The van der Waals surface area contributed by atoms with Crippen molar-refractivity contribution in [2.24, 2.45) is 5.92 Å². The van der Waals surface area contributed by atoms with Crippen LogP contribution in [0.3, 0.4) is 0 Å². The minimum absolute atomic E-state index is 0.227. The van der Waals surface area contributed by atoms with Crippen LogP contribution in [0.1, 0.15) is 32.6 Å². The molecule has 2 N–H and O–H groups in total. The molecule has 0 saturated carbocycles. The highest BCUT2D eigenvalue weighted by Crippen LogP contribution is 2.12. The van der Waals surface area contributed by atoms with E-state index in [1.165, 1.54) is 25.9 Å². The fourth-order valence-electron chi connectivity index (χ4n) is 2.88. The highest BCUT2D eigenvalue weighted by Gasteiger charge is 2.20. The number of amides is 1. The first-order valence-electron chi connectivity index (χ1n) is 6.96. The predicted octanol–water partition coefficient (Wildman–Crippen LogP) is 0.587. The van der Waals surface area contributed by atoms with Gasteiger partial charge in [0.15, 0.2) is 0 Å². The third kappa shape index (κ3) is 4.28. The molecule has 0 aliphatic carbocycles. The Morgan fingerprint density at radius 1 is 1.47 bits per heavy atom. The first-order valence-corrected chi connectivity index (χ1v) is 6.96. The van der Waals surface area contributed by atoms with Gasteiger partial charge in [0.1, 0.15) is 0 Å². The van der Waals surface area contributed by atoms with Gasteiger partial charge in [0.2, 0.25) is 5.91 Å². The Kier molecular flexibility index (Phi) is 4.80. The molecule has 0 spiro atoms. The van der Waals surface area contributed by atoms with Gasteiger partial charge in [-0.25, -0.2) is 0 Å². The topological polar surface area (TPSA) is 44.4 Å². The molecule has 2 rings (SSSR count). The van der Waals surface area contributed by atoms with Crippen LogP contribution in [-0.2, 0) is 4.79 Å². The average molecular weight is 239 g/mol. The van der Waals surface area contributed by atoms with Gasteiger partial charge in [-0.05, 0) is 58.3 Å². The molecule has 2 unspecified atom stereocenters. The third-order valence-corrected chi connectivity index (χ3v) is 3.77. The van der Waals surface area contributed by atoms with E-state index in [-0.39, 0.29) is 11.9 Å². The van der Waals surface area contributed by atoms with Gasteiger partial charge in [0.05, 0.1) is 0 Å². The van der Waals surface area contributed by atoms with Gasteiger partial charge >= 0.3 is 0 Å². The molecule has 17 heavy (non-hydrogen) atoms. The lowest BCUT2D eigenvalue weighted by molar-refractivity contribution is -0.122. The maximum absolute atomic E-state index is 11.8. The van der Waals surface area contributed by atoms with Crippen LogP contribution in [0.5, 0.6) is 0 Å². The van der Waals surface area contributed by atoms with E-state index in [0.29, 0.717) is 12.3 Å². The molecule has 0 aromatic heterocycles. The Morgan fingerprint density at radius 2 is 2.24 bits per heavy atom. The van der Waals surface area contributed by atoms with Crippen molar-refractivity contribution in [3.05, 3.63) is 0 Å². The van der Waals surface area contributed by atoms with Crippen LogP contribution in [0.4, 0.5) is 0 Å². The number of hydrogen-bond acceptors (Lipinski definition) is 3. The molecular formula is C13H25N3O. The predicted molar refractivity (Wildman–Crippen MR) is 68.9 cm³/mol. The number of nitrogens with one attached hydrogen (secondary N) is 2. The molecule has 2 atom stereocenters. The van der Waals surface area contributed by atoms with Crippen LogP contribution in [0.25, 0.3) is 0 Å². The summed E-state index contributed by atoms with van der Waals surface area (Å²) in [7, 11) is 0. The third-order valence-electron chi connectivity index (χ3n) is 3.77. The van der Waals surface area contributed by atoms with Crippen molar-refractivity contribution in [2.45, 2.75) is 38.6 Å². The summed E-state index contributed by atoms with van der Waals surface area (Å²) in [6, 6.07) is 0.287. The van der Waals surface area contributed by atoms with Crippen LogP contribution < -0.4 is 10.6 Å². The van der Waals surface area contributed by atoms with Crippen molar-refractivity contribution in [1.29, 1.82) is 0 Å². The number of likely N-dealkylation sites (tertiary alicyclic amines) is 1. The number of rotatable bonds is 5. The molecule has 0 aromatic carbocycles. The van der Waals surface area contributed by atoms with Crippen molar-refractivity contribution in [1.82, 2.24) is 15.5 Å². The maximum atomic E-state index is 11.8. The van der Waals surface area contributed by atoms with E-state index in [4.69, 9.17) is 0 Å². The second-order valence-electron chi connectivity index (χ2n) is 5.54. The normalized spacial score (nSPS) is 27.2. The Morgan fingerprint density at radius 3 is 2.88 bits per heavy atom. The minimum atomic E-state index is 0.227. The zero-order valence-electron chi connectivity index (χ0n) is 10.9. The van der Waals surface area contributed by atoms with Gasteiger partial charge in [-0.15, -0.1) is 0 Å². The SMILES string of the molecule is CC(CN1CCCC1)NC(=O)CC1CCNC1. The Labute approximate surface area is 104 Å². The zero-order valence-corrected chi connectivity index (χ0v) is 10.9. The van der Waals surface area contributed by atoms with Gasteiger partial charge in [0.25, 0.3) is 0 Å². The molecule has 2 heterocycles. The molecule has 4 heteroatoms. The Hall–Kier alpha value is -0.610. The summed E-state index contributed by atoms with van der Waals surface area (Å²) in [6.45, 7) is 7.60. The molecule has 0 aromatic rings. The van der Waals surface area contributed by atoms with E-state index in [1.807, 2.05) is 0 Å². The van der Waals surface area contributed by atoms with E-state index in [0.717, 1.165) is 26.1 Å². The molecule has 1 amide bonds. The minimum Gasteiger partial charge on any atom is -0.352 e. The quantitative estimate of drug-likeness (QED) is 0.738. The van der Waals surface area contributed by atoms with Gasteiger partial charge in [-0.2, -0.15) is 0 Å². The molecule has 2 aliphatic rings. The summed E-state index contributed by atoms with van der Waals surface area (Å²) in [5.41, 5.74) is 0. The monoisotopic (exact) mass is 239 g/mol. The van der Waals surface area contributed by atoms with Gasteiger partial charge in [-0.1, -0.05) is 0 Å². The van der Waals surface area contributed by atoms with Gasteiger partial charge < -0.3 is 15.5 Å². The molecule has 0 radical (unpaired) electrons. The smallest absolute Gasteiger partial charge is 0.220 e. The van der Waals surface area contributed by atoms with Crippen molar-refractivity contribution in [2.75, 3.05) is 32.7 Å². The lowest BCUT2D eigenvalue weighted by Gasteiger charge is -2.21. The molecular weight excluding hydrogens is 214 g/mol. The number of hydrogen-bond donors (Lipinski definition) is 2. The summed E-state index contributed by atoms with van der Waals surface area (Å²) in [5, 5.41) is 6.43. The van der Waals surface area contributed by atoms with Gasteiger partial charge in [-0.3, -0.25) is 4.79 Å². The second kappa shape index (κ2) is 6.36. The summed E-state index contributed by atoms with van der Waals surface area (Å²) in [6.07, 6.45) is 4.47. The number of carbonyl (C=O) groups excluding carboxylic acids is 1. The fourth-order valence-corrected chi connectivity index (χ4v) is 2.88. The van der Waals surface area contributed by atoms with Crippen molar-refractivity contribution in [3.63, 3.8) is 0 Å². The number of nitrogens with zero attached hydrogens (tertiary/aromatic N) is 1. The Bertz CT molecular complexity index is 245. The lowest BCUT2D eigenvalue weighted by Crippen LogP contribution is -2.41. The second-order valence-corrected chi connectivity index (χ2v) is 5.54. The standard InChI is InChI=1S/C13H25N3O/c1-11(10-16-6-2-3-7-16)15-13(17)8-12-4-5-14-9-12/h11-12,14H,2-10H2,1H3,(H,15,17). The maximum Gasteiger partial charge on any atom is 0.220 e. The van der Waals surface area contributed by atoms with Crippen LogP contribution in [0.2, 0.25) is 0 Å². The van der Waals surface area contributed by atoms with E-state index in [9.17, 15) is 4.79 Å². The van der Waals surface area contributed by atoms with Crippen molar-refractivity contribution in [3.8, 4) is 0 Å². The van der Waals surface area contributed by atoms with E-state index in [2.05, 4.69) is 22.5 Å². The number of carbonyl (C=O) groups is 1. The van der Waals surface area contributed by atoms with E-state index >= 15 is 0 Å². The van der Waals surface area contributed by atoms with Crippen molar-refractivity contribution >= 4 is 5.91 Å². The first kappa shape index (κ1) is 12.8. The van der Waals surface area contributed by atoms with Gasteiger partial charge in [0, 0.05) is 19.0 Å². The van der Waals surface area contributed by atoms with Crippen LogP contribution in [0.15, 0.2) is 0 Å². The largest absolute Gasteiger partial charge is 0.352 e. The van der Waals surface area contributed by atoms with E-state index < -0.39 is 0 Å². The van der Waals surface area contributed by atoms with E-state index in [1.54, 1.807) is 0 Å². The fraction of sp³-hybridized carbons (Fsp3) is 0.923. The summed E-state index contributed by atoms with van der Waals surface area (Å²) >= 11 is 0. The summed E-state index contributed by atoms with van der Waals surface area (Å²) < 4.78 is 0.